The third kappa shape index (κ3) is 5.50. The zero-order valence-corrected chi connectivity index (χ0v) is 13.8. The predicted molar refractivity (Wildman–Crippen MR) is 84.5 cm³/mol. The molecule has 0 radical (unpaired) electrons. The highest BCUT2D eigenvalue weighted by molar-refractivity contribution is 7.99. The van der Waals surface area contributed by atoms with Crippen LogP contribution in [0.2, 0.25) is 0 Å². The van der Waals surface area contributed by atoms with Gasteiger partial charge >= 0.3 is 0 Å². The summed E-state index contributed by atoms with van der Waals surface area (Å²) in [5.41, 5.74) is 0. The van der Waals surface area contributed by atoms with Gasteiger partial charge in [0.15, 0.2) is 0 Å². The van der Waals surface area contributed by atoms with Gasteiger partial charge in [-0.15, -0.1) is 0 Å². The summed E-state index contributed by atoms with van der Waals surface area (Å²) in [6.07, 6.45) is 6.23. The highest BCUT2D eigenvalue weighted by atomic mass is 32.2. The van der Waals surface area contributed by atoms with Crippen LogP contribution in [0.3, 0.4) is 0 Å². The van der Waals surface area contributed by atoms with E-state index in [4.69, 9.17) is 0 Å². The molecule has 0 aliphatic carbocycles. The molecule has 1 atom stereocenters. The van der Waals surface area contributed by atoms with Crippen LogP contribution in [0.5, 0.6) is 0 Å². The largest absolute Gasteiger partial charge is 0.313 e. The highest BCUT2D eigenvalue weighted by Crippen LogP contribution is 2.23. The molecular weight excluding hydrogens is 240 g/mol. The normalized spacial score (nSPS) is 21.2. The Morgan fingerprint density at radius 3 is 2.44 bits per heavy atom. The van der Waals surface area contributed by atoms with Gasteiger partial charge in [-0.1, -0.05) is 6.92 Å². The van der Waals surface area contributed by atoms with E-state index in [1.54, 1.807) is 0 Å². The van der Waals surface area contributed by atoms with E-state index in [9.17, 15) is 0 Å². The molecule has 0 aromatic rings. The van der Waals surface area contributed by atoms with Crippen LogP contribution in [-0.4, -0.2) is 48.1 Å². The molecular formula is C15H32N2S. The minimum Gasteiger partial charge on any atom is -0.313 e. The summed E-state index contributed by atoms with van der Waals surface area (Å²) in [5, 5.41) is 3.75. The van der Waals surface area contributed by atoms with E-state index in [-0.39, 0.29) is 0 Å². The second-order valence-electron chi connectivity index (χ2n) is 6.31. The maximum Gasteiger partial charge on any atom is 0.0225 e. The Kier molecular flexibility index (Phi) is 7.04. The lowest BCUT2D eigenvalue weighted by Gasteiger charge is -2.36. The maximum atomic E-state index is 3.75. The molecule has 1 rings (SSSR count). The van der Waals surface area contributed by atoms with Crippen LogP contribution >= 0.6 is 11.8 Å². The first-order valence-corrected chi connectivity index (χ1v) is 8.72. The van der Waals surface area contributed by atoms with Crippen molar-refractivity contribution in [2.24, 2.45) is 5.92 Å². The van der Waals surface area contributed by atoms with Gasteiger partial charge in [-0.05, 0) is 71.8 Å². The van der Waals surface area contributed by atoms with E-state index in [2.05, 4.69) is 44.2 Å². The van der Waals surface area contributed by atoms with Crippen molar-refractivity contribution in [2.45, 2.75) is 57.7 Å². The number of likely N-dealkylation sites (tertiary alicyclic amines) is 1. The molecule has 0 spiro atoms. The fourth-order valence-corrected chi connectivity index (χ4v) is 2.87. The Labute approximate surface area is 118 Å². The first kappa shape index (κ1) is 16.3. The molecule has 1 unspecified atom stereocenters. The number of thioether (sulfide) groups is 1. The first-order valence-electron chi connectivity index (χ1n) is 7.49. The van der Waals surface area contributed by atoms with Gasteiger partial charge in [-0.25, -0.2) is 0 Å². The fraction of sp³-hybridized carbons (Fsp3) is 1.00. The van der Waals surface area contributed by atoms with Crippen LogP contribution in [0.1, 0.15) is 47.0 Å². The summed E-state index contributed by atoms with van der Waals surface area (Å²) in [4.78, 5) is 2.62. The number of hydrogen-bond acceptors (Lipinski definition) is 3. The molecule has 1 fully saturated rings. The van der Waals surface area contributed by atoms with Crippen molar-refractivity contribution in [3.8, 4) is 0 Å². The van der Waals surface area contributed by atoms with Gasteiger partial charge in [0.1, 0.15) is 0 Å². The van der Waals surface area contributed by atoms with E-state index < -0.39 is 0 Å². The molecule has 0 aromatic carbocycles. The smallest absolute Gasteiger partial charge is 0.0225 e. The summed E-state index contributed by atoms with van der Waals surface area (Å²) in [5.74, 6) is 0.871. The lowest BCUT2D eigenvalue weighted by Crippen LogP contribution is -2.45. The van der Waals surface area contributed by atoms with Crippen LogP contribution in [0.25, 0.3) is 0 Å². The van der Waals surface area contributed by atoms with Gasteiger partial charge in [-0.3, -0.25) is 0 Å². The summed E-state index contributed by atoms with van der Waals surface area (Å²) in [6.45, 7) is 14.3. The Morgan fingerprint density at radius 2 is 1.94 bits per heavy atom. The van der Waals surface area contributed by atoms with E-state index in [1.165, 1.54) is 38.9 Å². The third-order valence-electron chi connectivity index (χ3n) is 4.28. The van der Waals surface area contributed by atoms with Gasteiger partial charge in [-0.2, -0.15) is 11.8 Å². The zero-order chi connectivity index (χ0) is 13.6. The molecule has 1 aliphatic rings. The van der Waals surface area contributed by atoms with Crippen molar-refractivity contribution in [3.63, 3.8) is 0 Å². The monoisotopic (exact) mass is 272 g/mol. The lowest BCUT2D eigenvalue weighted by atomic mass is 9.90. The predicted octanol–water partition coefficient (Wildman–Crippen LogP) is 3.23. The van der Waals surface area contributed by atoms with Crippen molar-refractivity contribution in [3.05, 3.63) is 0 Å². The maximum absolute atomic E-state index is 3.75. The van der Waals surface area contributed by atoms with Crippen molar-refractivity contribution in [1.82, 2.24) is 10.2 Å². The van der Waals surface area contributed by atoms with Crippen LogP contribution < -0.4 is 5.32 Å². The van der Waals surface area contributed by atoms with E-state index in [0.29, 0.717) is 10.8 Å². The van der Waals surface area contributed by atoms with Gasteiger partial charge in [0.2, 0.25) is 0 Å². The Morgan fingerprint density at radius 1 is 1.33 bits per heavy atom. The van der Waals surface area contributed by atoms with Crippen LogP contribution in [0, 0.1) is 5.92 Å². The van der Waals surface area contributed by atoms with Crippen LogP contribution in [0.4, 0.5) is 0 Å². The molecule has 3 heteroatoms. The highest BCUT2D eigenvalue weighted by Gasteiger charge is 2.25. The zero-order valence-electron chi connectivity index (χ0n) is 13.0. The summed E-state index contributed by atoms with van der Waals surface area (Å²) in [6, 6.07) is 0.667. The van der Waals surface area contributed by atoms with Crippen molar-refractivity contribution < 1.29 is 0 Å². The van der Waals surface area contributed by atoms with Crippen LogP contribution in [0.15, 0.2) is 0 Å². The van der Waals surface area contributed by atoms with Crippen molar-refractivity contribution in [2.75, 3.05) is 32.4 Å². The van der Waals surface area contributed by atoms with Gasteiger partial charge in [0, 0.05) is 17.3 Å². The third-order valence-corrected chi connectivity index (χ3v) is 5.53. The second kappa shape index (κ2) is 7.76. The fourth-order valence-electron chi connectivity index (χ4n) is 2.64. The second-order valence-corrected chi connectivity index (χ2v) is 7.83. The molecule has 1 N–H and O–H groups in total. The topological polar surface area (TPSA) is 15.3 Å². The van der Waals surface area contributed by atoms with Crippen molar-refractivity contribution >= 4 is 11.8 Å². The molecule has 18 heavy (non-hydrogen) atoms. The van der Waals surface area contributed by atoms with E-state index in [0.717, 1.165) is 12.5 Å². The SMILES string of the molecule is CCCN1CCC(C(C)NCC(C)(C)SC)CC1. The van der Waals surface area contributed by atoms with Crippen molar-refractivity contribution in [1.29, 1.82) is 0 Å². The number of piperidine rings is 1. The molecule has 1 heterocycles. The summed E-state index contributed by atoms with van der Waals surface area (Å²) < 4.78 is 0.358. The standard InChI is InChI=1S/C15H32N2S/c1-6-9-17-10-7-14(8-11-17)13(2)16-12-15(3,4)18-5/h13-14,16H,6-12H2,1-5H3. The molecule has 1 saturated heterocycles. The number of nitrogens with one attached hydrogen (secondary N) is 1. The molecule has 0 saturated carbocycles. The van der Waals surface area contributed by atoms with Gasteiger partial charge in [0.05, 0.1) is 0 Å². The Balaban J connectivity index is 2.25. The minimum absolute atomic E-state index is 0.358. The number of hydrogen-bond donors (Lipinski definition) is 1. The molecule has 1 aliphatic heterocycles. The molecule has 0 aromatic heterocycles. The molecule has 0 amide bonds. The van der Waals surface area contributed by atoms with Gasteiger partial charge < -0.3 is 10.2 Å². The molecule has 108 valence electrons. The average Bonchev–Trinajstić information content (AvgIpc) is 2.37. The number of nitrogens with zero attached hydrogens (tertiary/aromatic N) is 1. The Bertz CT molecular complexity index is 223. The molecule has 2 nitrogen and oxygen atoms in total. The summed E-state index contributed by atoms with van der Waals surface area (Å²) >= 11 is 1.95. The average molecular weight is 273 g/mol. The van der Waals surface area contributed by atoms with Gasteiger partial charge in [0.25, 0.3) is 0 Å². The van der Waals surface area contributed by atoms with E-state index in [1.807, 2.05) is 11.8 Å². The van der Waals surface area contributed by atoms with E-state index >= 15 is 0 Å². The molecule has 0 bridgehead atoms. The summed E-state index contributed by atoms with van der Waals surface area (Å²) in [7, 11) is 0. The minimum atomic E-state index is 0.358. The quantitative estimate of drug-likeness (QED) is 0.766. The Hall–Kier alpha value is 0.270. The number of rotatable bonds is 7. The van der Waals surface area contributed by atoms with Crippen LogP contribution in [-0.2, 0) is 0 Å². The lowest BCUT2D eigenvalue weighted by molar-refractivity contribution is 0.162. The first-order chi connectivity index (χ1) is 8.48.